The molecule has 0 saturated carbocycles. The molecule has 0 N–H and O–H groups in total. The van der Waals surface area contributed by atoms with Crippen molar-refractivity contribution in [3.8, 4) is 6.07 Å². The Bertz CT molecular complexity index is 509. The Morgan fingerprint density at radius 1 is 0.923 bits per heavy atom. The van der Waals surface area contributed by atoms with Crippen LogP contribution in [0.2, 0.25) is 0 Å². The maximum atomic E-state index is 8.75. The summed E-state index contributed by atoms with van der Waals surface area (Å²) in [6.45, 7) is 2.24. The minimum Gasteiger partial charge on any atom is -0.330 e. The lowest BCUT2D eigenvalue weighted by Crippen LogP contribution is -2.42. The SMILES string of the molecule is CCCCCCCCC(c1ccc(CCC#N)cc1)C(OC)(OC)OC. The Labute approximate surface area is 159 Å². The van der Waals surface area contributed by atoms with Gasteiger partial charge in [-0.15, -0.1) is 0 Å². The van der Waals surface area contributed by atoms with Gasteiger partial charge in [0.25, 0.3) is 5.97 Å². The average Bonchev–Trinajstić information content (AvgIpc) is 2.69. The molecule has 1 aromatic carbocycles. The van der Waals surface area contributed by atoms with E-state index in [9.17, 15) is 0 Å². The Morgan fingerprint density at radius 2 is 1.50 bits per heavy atom. The molecule has 0 heterocycles. The van der Waals surface area contributed by atoms with E-state index in [2.05, 4.69) is 37.3 Å². The van der Waals surface area contributed by atoms with Gasteiger partial charge in [0.05, 0.1) is 12.0 Å². The number of rotatable bonds is 14. The second-order valence-electron chi connectivity index (χ2n) is 6.72. The van der Waals surface area contributed by atoms with Gasteiger partial charge in [-0.2, -0.15) is 5.26 Å². The first-order chi connectivity index (χ1) is 12.7. The van der Waals surface area contributed by atoms with Crippen LogP contribution < -0.4 is 0 Å². The zero-order chi connectivity index (χ0) is 19.3. The smallest absolute Gasteiger partial charge is 0.289 e. The lowest BCUT2D eigenvalue weighted by atomic mass is 9.89. The molecule has 0 saturated heterocycles. The van der Waals surface area contributed by atoms with Crippen molar-refractivity contribution in [2.24, 2.45) is 0 Å². The summed E-state index contributed by atoms with van der Waals surface area (Å²) in [6, 6.07) is 10.6. The zero-order valence-corrected chi connectivity index (χ0v) is 16.9. The van der Waals surface area contributed by atoms with Crippen LogP contribution in [0.1, 0.15) is 75.3 Å². The third-order valence-corrected chi connectivity index (χ3v) is 5.03. The molecule has 0 fully saturated rings. The quantitative estimate of drug-likeness (QED) is 0.321. The Hall–Kier alpha value is -1.41. The van der Waals surface area contributed by atoms with Crippen LogP contribution in [0.4, 0.5) is 0 Å². The summed E-state index contributed by atoms with van der Waals surface area (Å²) >= 11 is 0. The van der Waals surface area contributed by atoms with Crippen molar-refractivity contribution in [2.45, 2.75) is 76.6 Å². The van der Waals surface area contributed by atoms with E-state index in [-0.39, 0.29) is 5.92 Å². The van der Waals surface area contributed by atoms with Crippen molar-refractivity contribution >= 4 is 0 Å². The predicted molar refractivity (Wildman–Crippen MR) is 105 cm³/mol. The summed E-state index contributed by atoms with van der Waals surface area (Å²) in [5.74, 6) is -1.07. The second-order valence-corrected chi connectivity index (χ2v) is 6.72. The summed E-state index contributed by atoms with van der Waals surface area (Å²) in [7, 11) is 4.88. The summed E-state index contributed by atoms with van der Waals surface area (Å²) < 4.78 is 17.0. The van der Waals surface area contributed by atoms with Gasteiger partial charge in [-0.3, -0.25) is 0 Å². The molecule has 1 rings (SSSR count). The van der Waals surface area contributed by atoms with Gasteiger partial charge in [0.1, 0.15) is 0 Å². The first kappa shape index (κ1) is 22.6. The molecule has 0 radical (unpaired) electrons. The summed E-state index contributed by atoms with van der Waals surface area (Å²) in [4.78, 5) is 0. The fourth-order valence-electron chi connectivity index (χ4n) is 3.47. The second kappa shape index (κ2) is 12.9. The van der Waals surface area contributed by atoms with E-state index < -0.39 is 5.97 Å². The first-order valence-electron chi connectivity index (χ1n) is 9.78. The Kier molecular flexibility index (Phi) is 11.2. The predicted octanol–water partition coefficient (Wildman–Crippen LogP) is 5.57. The molecule has 146 valence electrons. The van der Waals surface area contributed by atoms with E-state index in [1.807, 2.05) is 0 Å². The van der Waals surface area contributed by atoms with Crippen molar-refractivity contribution in [2.75, 3.05) is 21.3 Å². The highest BCUT2D eigenvalue weighted by Crippen LogP contribution is 2.37. The fourth-order valence-corrected chi connectivity index (χ4v) is 3.47. The minimum atomic E-state index is -1.07. The number of nitrogens with zero attached hydrogens (tertiary/aromatic N) is 1. The third-order valence-electron chi connectivity index (χ3n) is 5.03. The van der Waals surface area contributed by atoms with E-state index in [4.69, 9.17) is 19.5 Å². The van der Waals surface area contributed by atoms with E-state index >= 15 is 0 Å². The standard InChI is InChI=1S/C22H35NO3/c1-5-6-7-8-9-10-13-21(22(24-2,25-3)26-4)20-16-14-19(15-17-20)12-11-18-23/h14-17,21H,5-13H2,1-4H3. The molecule has 1 aromatic rings. The molecule has 4 nitrogen and oxygen atoms in total. The highest BCUT2D eigenvalue weighted by atomic mass is 16.9. The molecule has 0 aliphatic carbocycles. The molecule has 0 spiro atoms. The van der Waals surface area contributed by atoms with Gasteiger partial charge in [0, 0.05) is 27.8 Å². The lowest BCUT2D eigenvalue weighted by Gasteiger charge is -2.36. The number of nitriles is 1. The van der Waals surface area contributed by atoms with Gasteiger partial charge in [0.15, 0.2) is 0 Å². The van der Waals surface area contributed by atoms with Crippen LogP contribution >= 0.6 is 0 Å². The first-order valence-corrected chi connectivity index (χ1v) is 9.78. The zero-order valence-electron chi connectivity index (χ0n) is 16.9. The van der Waals surface area contributed by atoms with E-state index in [0.717, 1.165) is 24.8 Å². The summed E-state index contributed by atoms with van der Waals surface area (Å²) in [5.41, 5.74) is 2.32. The maximum absolute atomic E-state index is 8.75. The normalized spacial score (nSPS) is 12.7. The molecule has 0 aliphatic heterocycles. The molecule has 1 unspecified atom stereocenters. The van der Waals surface area contributed by atoms with Crippen LogP contribution in [0.3, 0.4) is 0 Å². The molecular weight excluding hydrogens is 326 g/mol. The van der Waals surface area contributed by atoms with Crippen molar-refractivity contribution in [1.82, 2.24) is 0 Å². The molecule has 0 amide bonds. The van der Waals surface area contributed by atoms with Crippen molar-refractivity contribution < 1.29 is 14.2 Å². The number of benzene rings is 1. The van der Waals surface area contributed by atoms with Gasteiger partial charge < -0.3 is 14.2 Å². The Morgan fingerprint density at radius 3 is 2.04 bits per heavy atom. The average molecular weight is 362 g/mol. The molecule has 0 aromatic heterocycles. The molecule has 4 heteroatoms. The number of hydrogen-bond acceptors (Lipinski definition) is 4. The van der Waals surface area contributed by atoms with Crippen molar-refractivity contribution in [3.05, 3.63) is 35.4 Å². The van der Waals surface area contributed by atoms with Crippen LogP contribution in [0.5, 0.6) is 0 Å². The fraction of sp³-hybridized carbons (Fsp3) is 0.682. The monoisotopic (exact) mass is 361 g/mol. The highest BCUT2D eigenvalue weighted by Gasteiger charge is 2.40. The topological polar surface area (TPSA) is 51.5 Å². The maximum Gasteiger partial charge on any atom is 0.289 e. The minimum absolute atomic E-state index is 0.00121. The molecule has 1 atom stereocenters. The number of hydrogen-bond donors (Lipinski definition) is 0. The van der Waals surface area contributed by atoms with Crippen molar-refractivity contribution in [1.29, 1.82) is 5.26 Å². The third kappa shape index (κ3) is 6.72. The van der Waals surface area contributed by atoms with Gasteiger partial charge in [0.2, 0.25) is 0 Å². The molecular formula is C22H35NO3. The number of ether oxygens (including phenoxy) is 3. The number of unbranched alkanes of at least 4 members (excludes halogenated alkanes) is 5. The summed E-state index contributed by atoms with van der Waals surface area (Å²) in [5, 5.41) is 8.75. The largest absolute Gasteiger partial charge is 0.330 e. The van der Waals surface area contributed by atoms with Crippen molar-refractivity contribution in [3.63, 3.8) is 0 Å². The summed E-state index contributed by atoms with van der Waals surface area (Å²) in [6.07, 6.45) is 9.74. The van der Waals surface area contributed by atoms with E-state index in [1.54, 1.807) is 21.3 Å². The number of methoxy groups -OCH3 is 3. The van der Waals surface area contributed by atoms with Gasteiger partial charge in [-0.05, 0) is 24.0 Å². The lowest BCUT2D eigenvalue weighted by molar-refractivity contribution is -0.365. The van der Waals surface area contributed by atoms with Crippen LogP contribution in [-0.2, 0) is 20.6 Å². The van der Waals surface area contributed by atoms with Gasteiger partial charge in [-0.25, -0.2) is 0 Å². The van der Waals surface area contributed by atoms with E-state index in [1.165, 1.54) is 37.7 Å². The Balaban J connectivity index is 2.84. The number of aryl methyl sites for hydroxylation is 1. The van der Waals surface area contributed by atoms with Gasteiger partial charge >= 0.3 is 0 Å². The van der Waals surface area contributed by atoms with Gasteiger partial charge in [-0.1, -0.05) is 69.7 Å². The highest BCUT2D eigenvalue weighted by molar-refractivity contribution is 5.27. The molecule has 0 aliphatic rings. The van der Waals surface area contributed by atoms with Crippen LogP contribution in [0.25, 0.3) is 0 Å². The van der Waals surface area contributed by atoms with Crippen LogP contribution in [0, 0.1) is 11.3 Å². The van der Waals surface area contributed by atoms with E-state index in [0.29, 0.717) is 6.42 Å². The van der Waals surface area contributed by atoms with Crippen LogP contribution in [0.15, 0.2) is 24.3 Å². The van der Waals surface area contributed by atoms with Crippen LogP contribution in [-0.4, -0.2) is 27.3 Å². The molecule has 0 bridgehead atoms. The molecule has 26 heavy (non-hydrogen) atoms.